The standard InChI is InChI=1S/C12H24N2O2S/c1-11-3-2-4-12(9-11,10-13)14-5-7-17(15,16)8-6-14/h11H,2-10,13H2,1H3. The summed E-state index contributed by atoms with van der Waals surface area (Å²) in [6, 6.07) is 0. The molecular formula is C12H24N2O2S. The van der Waals surface area contributed by atoms with Gasteiger partial charge in [-0.25, -0.2) is 8.42 Å². The van der Waals surface area contributed by atoms with E-state index in [0.717, 1.165) is 12.8 Å². The quantitative estimate of drug-likeness (QED) is 0.791. The molecule has 1 heterocycles. The van der Waals surface area contributed by atoms with Gasteiger partial charge in [-0.3, -0.25) is 4.90 Å². The maximum absolute atomic E-state index is 11.5. The van der Waals surface area contributed by atoms with E-state index in [4.69, 9.17) is 5.73 Å². The molecule has 100 valence electrons. The van der Waals surface area contributed by atoms with Crippen molar-refractivity contribution in [2.45, 2.75) is 38.1 Å². The fourth-order valence-electron chi connectivity index (χ4n) is 3.42. The van der Waals surface area contributed by atoms with E-state index in [0.29, 0.717) is 37.1 Å². The van der Waals surface area contributed by atoms with Gasteiger partial charge in [0.2, 0.25) is 0 Å². The Hall–Kier alpha value is -0.130. The molecule has 1 saturated carbocycles. The Bertz CT molecular complexity index is 355. The highest BCUT2D eigenvalue weighted by Crippen LogP contribution is 2.36. The van der Waals surface area contributed by atoms with Crippen LogP contribution in [0.1, 0.15) is 32.6 Å². The lowest BCUT2D eigenvalue weighted by Gasteiger charge is -2.49. The van der Waals surface area contributed by atoms with Crippen LogP contribution in [-0.2, 0) is 9.84 Å². The van der Waals surface area contributed by atoms with E-state index in [1.54, 1.807) is 0 Å². The summed E-state index contributed by atoms with van der Waals surface area (Å²) in [5.41, 5.74) is 6.08. The Morgan fingerprint density at radius 3 is 2.53 bits per heavy atom. The van der Waals surface area contributed by atoms with Crippen LogP contribution in [-0.4, -0.2) is 50.0 Å². The van der Waals surface area contributed by atoms with Crippen LogP contribution in [0.25, 0.3) is 0 Å². The molecule has 2 aliphatic rings. The van der Waals surface area contributed by atoms with Crippen molar-refractivity contribution < 1.29 is 8.42 Å². The lowest BCUT2D eigenvalue weighted by molar-refractivity contribution is 0.0463. The summed E-state index contributed by atoms with van der Waals surface area (Å²) in [4.78, 5) is 2.35. The maximum Gasteiger partial charge on any atom is 0.152 e. The smallest absolute Gasteiger partial charge is 0.152 e. The van der Waals surface area contributed by atoms with Gasteiger partial charge in [0.25, 0.3) is 0 Å². The van der Waals surface area contributed by atoms with Gasteiger partial charge >= 0.3 is 0 Å². The van der Waals surface area contributed by atoms with Gasteiger partial charge in [0.05, 0.1) is 11.5 Å². The van der Waals surface area contributed by atoms with Crippen LogP contribution in [0.4, 0.5) is 0 Å². The molecule has 0 aromatic rings. The van der Waals surface area contributed by atoms with Crippen molar-refractivity contribution in [3.05, 3.63) is 0 Å². The zero-order valence-corrected chi connectivity index (χ0v) is 11.5. The minimum atomic E-state index is -2.79. The van der Waals surface area contributed by atoms with Crippen molar-refractivity contribution in [2.75, 3.05) is 31.1 Å². The Labute approximate surface area is 104 Å². The van der Waals surface area contributed by atoms with Crippen molar-refractivity contribution in [1.29, 1.82) is 0 Å². The van der Waals surface area contributed by atoms with Crippen LogP contribution >= 0.6 is 0 Å². The van der Waals surface area contributed by atoms with Gasteiger partial charge in [0.15, 0.2) is 9.84 Å². The zero-order valence-electron chi connectivity index (χ0n) is 10.7. The normalized spacial score (nSPS) is 39.1. The number of nitrogens with two attached hydrogens (primary N) is 1. The first-order valence-electron chi connectivity index (χ1n) is 6.63. The summed E-state index contributed by atoms with van der Waals surface area (Å²) in [5.74, 6) is 1.33. The minimum Gasteiger partial charge on any atom is -0.329 e. The molecule has 0 aromatic carbocycles. The highest BCUT2D eigenvalue weighted by Gasteiger charge is 2.41. The first kappa shape index (κ1) is 13.3. The Morgan fingerprint density at radius 1 is 1.35 bits per heavy atom. The summed E-state index contributed by atoms with van der Waals surface area (Å²) in [5, 5.41) is 0. The van der Waals surface area contributed by atoms with Gasteiger partial charge in [0, 0.05) is 25.2 Å². The van der Waals surface area contributed by atoms with Crippen LogP contribution in [0.5, 0.6) is 0 Å². The lowest BCUT2D eigenvalue weighted by atomic mass is 9.75. The third-order valence-electron chi connectivity index (χ3n) is 4.46. The molecule has 1 aliphatic carbocycles. The van der Waals surface area contributed by atoms with E-state index < -0.39 is 9.84 Å². The first-order chi connectivity index (χ1) is 7.97. The van der Waals surface area contributed by atoms with Crippen LogP contribution in [0, 0.1) is 5.92 Å². The zero-order chi connectivity index (χ0) is 12.5. The molecule has 0 aromatic heterocycles. The van der Waals surface area contributed by atoms with Crippen LogP contribution in [0.2, 0.25) is 0 Å². The van der Waals surface area contributed by atoms with E-state index >= 15 is 0 Å². The molecule has 1 saturated heterocycles. The lowest BCUT2D eigenvalue weighted by Crippen LogP contribution is -2.60. The maximum atomic E-state index is 11.5. The van der Waals surface area contributed by atoms with Gasteiger partial charge in [-0.15, -0.1) is 0 Å². The molecule has 2 unspecified atom stereocenters. The molecule has 17 heavy (non-hydrogen) atoms. The van der Waals surface area contributed by atoms with E-state index in [-0.39, 0.29) is 5.54 Å². The number of sulfone groups is 1. The molecule has 2 fully saturated rings. The van der Waals surface area contributed by atoms with E-state index in [9.17, 15) is 8.42 Å². The first-order valence-corrected chi connectivity index (χ1v) is 8.45. The summed E-state index contributed by atoms with van der Waals surface area (Å²) in [6.45, 7) is 4.29. The average molecular weight is 260 g/mol. The minimum absolute atomic E-state index is 0.0770. The SMILES string of the molecule is CC1CCCC(CN)(N2CCS(=O)(=O)CC2)C1. The fraction of sp³-hybridized carbons (Fsp3) is 1.00. The van der Waals surface area contributed by atoms with E-state index in [1.807, 2.05) is 0 Å². The molecule has 2 N–H and O–H groups in total. The average Bonchev–Trinajstić information content (AvgIpc) is 2.28. The summed E-state index contributed by atoms with van der Waals surface area (Å²) in [7, 11) is -2.79. The summed E-state index contributed by atoms with van der Waals surface area (Å²) in [6.07, 6.45) is 4.77. The number of nitrogens with zero attached hydrogens (tertiary/aromatic N) is 1. The molecule has 4 nitrogen and oxygen atoms in total. The van der Waals surface area contributed by atoms with Gasteiger partial charge in [-0.2, -0.15) is 0 Å². The summed E-state index contributed by atoms with van der Waals surface area (Å²) >= 11 is 0. The predicted octanol–water partition coefficient (Wildman–Crippen LogP) is 0.624. The van der Waals surface area contributed by atoms with Crippen molar-refractivity contribution >= 4 is 9.84 Å². The molecule has 1 aliphatic heterocycles. The van der Waals surface area contributed by atoms with Crippen molar-refractivity contribution in [3.8, 4) is 0 Å². The van der Waals surface area contributed by atoms with Gasteiger partial charge in [-0.1, -0.05) is 19.8 Å². The second-order valence-electron chi connectivity index (χ2n) is 5.77. The van der Waals surface area contributed by atoms with Gasteiger partial charge in [-0.05, 0) is 18.8 Å². The van der Waals surface area contributed by atoms with Gasteiger partial charge < -0.3 is 5.73 Å². The number of rotatable bonds is 2. The highest BCUT2D eigenvalue weighted by atomic mass is 32.2. The van der Waals surface area contributed by atoms with Crippen LogP contribution < -0.4 is 5.73 Å². The Kier molecular flexibility index (Phi) is 3.80. The van der Waals surface area contributed by atoms with Crippen molar-refractivity contribution in [2.24, 2.45) is 11.7 Å². The third-order valence-corrected chi connectivity index (χ3v) is 6.07. The fourth-order valence-corrected chi connectivity index (χ4v) is 4.62. The van der Waals surface area contributed by atoms with E-state index in [2.05, 4.69) is 11.8 Å². The summed E-state index contributed by atoms with van der Waals surface area (Å²) < 4.78 is 23.0. The second-order valence-corrected chi connectivity index (χ2v) is 8.07. The van der Waals surface area contributed by atoms with Crippen LogP contribution in [0.3, 0.4) is 0 Å². The van der Waals surface area contributed by atoms with Crippen molar-refractivity contribution in [1.82, 2.24) is 4.90 Å². The molecule has 5 heteroatoms. The molecule has 0 spiro atoms. The predicted molar refractivity (Wildman–Crippen MR) is 69.6 cm³/mol. The Morgan fingerprint density at radius 2 is 2.00 bits per heavy atom. The van der Waals surface area contributed by atoms with E-state index in [1.165, 1.54) is 12.8 Å². The highest BCUT2D eigenvalue weighted by molar-refractivity contribution is 7.91. The topological polar surface area (TPSA) is 63.4 Å². The Balaban J connectivity index is 2.08. The largest absolute Gasteiger partial charge is 0.329 e. The van der Waals surface area contributed by atoms with Crippen molar-refractivity contribution in [3.63, 3.8) is 0 Å². The number of hydrogen-bond acceptors (Lipinski definition) is 4. The molecular weight excluding hydrogens is 236 g/mol. The number of hydrogen-bond donors (Lipinski definition) is 1. The molecule has 2 atom stereocenters. The molecule has 0 amide bonds. The molecule has 2 rings (SSSR count). The monoisotopic (exact) mass is 260 g/mol. The third kappa shape index (κ3) is 2.83. The molecule has 0 bridgehead atoms. The second kappa shape index (κ2) is 4.86. The molecule has 0 radical (unpaired) electrons. The van der Waals surface area contributed by atoms with Crippen LogP contribution in [0.15, 0.2) is 0 Å². The van der Waals surface area contributed by atoms with Gasteiger partial charge in [0.1, 0.15) is 0 Å².